The van der Waals surface area contributed by atoms with Crippen LogP contribution in [0.5, 0.6) is 0 Å². The van der Waals surface area contributed by atoms with Crippen molar-refractivity contribution in [3.8, 4) is 0 Å². The zero-order chi connectivity index (χ0) is 12.0. The van der Waals surface area contributed by atoms with Crippen molar-refractivity contribution >= 4 is 5.91 Å². The molecule has 2 saturated heterocycles. The number of aryl methyl sites for hydroxylation is 2. The van der Waals surface area contributed by atoms with Crippen LogP contribution >= 0.6 is 0 Å². The second kappa shape index (κ2) is 3.84. The number of amides is 1. The van der Waals surface area contributed by atoms with Crippen LogP contribution in [0, 0.1) is 18.8 Å². The van der Waals surface area contributed by atoms with Gasteiger partial charge in [0.05, 0.1) is 11.3 Å². The third-order valence-corrected chi connectivity index (χ3v) is 3.92. The molecule has 0 bridgehead atoms. The van der Waals surface area contributed by atoms with Gasteiger partial charge in [0, 0.05) is 39.4 Å². The first-order valence-electron chi connectivity index (χ1n) is 6.15. The zero-order valence-electron chi connectivity index (χ0n) is 10.3. The lowest BCUT2D eigenvalue weighted by molar-refractivity contribution is 0.0781. The minimum atomic E-state index is 0.144. The molecule has 0 saturated carbocycles. The predicted molar refractivity (Wildman–Crippen MR) is 63.7 cm³/mol. The number of nitrogens with zero attached hydrogens (tertiary/aromatic N) is 3. The molecule has 92 valence electrons. The van der Waals surface area contributed by atoms with Crippen molar-refractivity contribution in [3.63, 3.8) is 0 Å². The van der Waals surface area contributed by atoms with Crippen molar-refractivity contribution < 1.29 is 4.79 Å². The first-order chi connectivity index (χ1) is 8.15. The van der Waals surface area contributed by atoms with E-state index in [1.165, 1.54) is 0 Å². The fraction of sp³-hybridized carbons (Fsp3) is 0.667. The molecule has 5 heteroatoms. The van der Waals surface area contributed by atoms with E-state index in [9.17, 15) is 4.79 Å². The average Bonchev–Trinajstić information content (AvgIpc) is 2.90. The molecule has 1 aromatic heterocycles. The number of hydrogen-bond donors (Lipinski definition) is 1. The maximum Gasteiger partial charge on any atom is 0.257 e. The molecule has 17 heavy (non-hydrogen) atoms. The first-order valence-corrected chi connectivity index (χ1v) is 6.15. The standard InChI is InChI=1S/C12H18N4O/c1-8-11(7-15(2)14-8)12(17)16-5-9-3-13-4-10(9)6-16/h7,9-10,13H,3-6H2,1-2H3/t9-,10+. The molecule has 1 amide bonds. The molecular formula is C12H18N4O. The normalized spacial score (nSPS) is 27.5. The first kappa shape index (κ1) is 10.8. The highest BCUT2D eigenvalue weighted by Crippen LogP contribution is 2.27. The lowest BCUT2D eigenvalue weighted by atomic mass is 10.0. The van der Waals surface area contributed by atoms with Crippen LogP contribution in [-0.4, -0.2) is 46.8 Å². The molecule has 2 atom stereocenters. The van der Waals surface area contributed by atoms with E-state index in [1.807, 2.05) is 25.1 Å². The van der Waals surface area contributed by atoms with E-state index in [1.54, 1.807) is 4.68 Å². The Morgan fingerprint density at radius 2 is 2.06 bits per heavy atom. The van der Waals surface area contributed by atoms with Crippen LogP contribution in [0.15, 0.2) is 6.20 Å². The summed E-state index contributed by atoms with van der Waals surface area (Å²) in [6.07, 6.45) is 1.82. The maximum atomic E-state index is 12.4. The zero-order valence-corrected chi connectivity index (χ0v) is 10.3. The van der Waals surface area contributed by atoms with Crippen LogP contribution in [0.2, 0.25) is 0 Å². The topological polar surface area (TPSA) is 50.2 Å². The summed E-state index contributed by atoms with van der Waals surface area (Å²) in [5.41, 5.74) is 1.58. The number of rotatable bonds is 1. The summed E-state index contributed by atoms with van der Waals surface area (Å²) in [7, 11) is 1.85. The van der Waals surface area contributed by atoms with Crippen molar-refractivity contribution in [2.75, 3.05) is 26.2 Å². The molecule has 3 rings (SSSR count). The molecule has 2 aliphatic rings. The Balaban J connectivity index is 1.77. The van der Waals surface area contributed by atoms with Crippen molar-refractivity contribution in [2.24, 2.45) is 18.9 Å². The maximum absolute atomic E-state index is 12.4. The van der Waals surface area contributed by atoms with Crippen molar-refractivity contribution in [3.05, 3.63) is 17.5 Å². The molecule has 2 aliphatic heterocycles. The molecule has 3 heterocycles. The van der Waals surface area contributed by atoms with Crippen LogP contribution in [0.1, 0.15) is 16.1 Å². The van der Waals surface area contributed by atoms with Crippen LogP contribution in [0.4, 0.5) is 0 Å². The minimum Gasteiger partial charge on any atom is -0.338 e. The molecule has 0 unspecified atom stereocenters. The Labute approximate surface area is 101 Å². The Morgan fingerprint density at radius 3 is 2.59 bits per heavy atom. The number of fused-ring (bicyclic) bond motifs is 1. The number of hydrogen-bond acceptors (Lipinski definition) is 3. The Bertz CT molecular complexity index is 441. The lowest BCUT2D eigenvalue weighted by Crippen LogP contribution is -2.32. The van der Waals surface area contributed by atoms with E-state index in [4.69, 9.17) is 0 Å². The van der Waals surface area contributed by atoms with Gasteiger partial charge in [0.2, 0.25) is 0 Å². The van der Waals surface area contributed by atoms with Crippen LogP contribution in [0.25, 0.3) is 0 Å². The molecule has 0 aromatic carbocycles. The molecule has 1 N–H and O–H groups in total. The lowest BCUT2D eigenvalue weighted by Gasteiger charge is -2.16. The van der Waals surface area contributed by atoms with Gasteiger partial charge < -0.3 is 10.2 Å². The summed E-state index contributed by atoms with van der Waals surface area (Å²) in [5.74, 6) is 1.44. The summed E-state index contributed by atoms with van der Waals surface area (Å²) in [6, 6.07) is 0. The molecule has 1 aromatic rings. The molecule has 5 nitrogen and oxygen atoms in total. The molecule has 0 spiro atoms. The molecule has 2 fully saturated rings. The third kappa shape index (κ3) is 1.74. The summed E-state index contributed by atoms with van der Waals surface area (Å²) < 4.78 is 1.71. The minimum absolute atomic E-state index is 0.144. The van der Waals surface area contributed by atoms with Crippen molar-refractivity contribution in [2.45, 2.75) is 6.92 Å². The Hall–Kier alpha value is -1.36. The van der Waals surface area contributed by atoms with Gasteiger partial charge >= 0.3 is 0 Å². The highest BCUT2D eigenvalue weighted by molar-refractivity contribution is 5.95. The van der Waals surface area contributed by atoms with E-state index in [0.717, 1.165) is 37.4 Å². The van der Waals surface area contributed by atoms with E-state index < -0.39 is 0 Å². The molecule has 0 radical (unpaired) electrons. The van der Waals surface area contributed by atoms with Crippen LogP contribution in [-0.2, 0) is 7.05 Å². The Morgan fingerprint density at radius 1 is 1.41 bits per heavy atom. The number of carbonyl (C=O) groups is 1. The summed E-state index contributed by atoms with van der Waals surface area (Å²) in [4.78, 5) is 14.4. The van der Waals surface area contributed by atoms with E-state index in [0.29, 0.717) is 11.8 Å². The Kier molecular flexibility index (Phi) is 2.43. The smallest absolute Gasteiger partial charge is 0.257 e. The summed E-state index contributed by atoms with van der Waals surface area (Å²) in [5, 5.41) is 7.62. The number of nitrogens with one attached hydrogen (secondary N) is 1. The molecular weight excluding hydrogens is 216 g/mol. The van der Waals surface area contributed by atoms with Gasteiger partial charge in [0.25, 0.3) is 5.91 Å². The van der Waals surface area contributed by atoms with Gasteiger partial charge in [-0.2, -0.15) is 5.10 Å². The SMILES string of the molecule is Cc1nn(C)cc1C(=O)N1C[C@H]2CNC[C@H]2C1. The second-order valence-corrected chi connectivity index (χ2v) is 5.19. The van der Waals surface area contributed by atoms with E-state index >= 15 is 0 Å². The molecule has 0 aliphatic carbocycles. The van der Waals surface area contributed by atoms with Gasteiger partial charge in [-0.05, 0) is 18.8 Å². The van der Waals surface area contributed by atoms with Crippen molar-refractivity contribution in [1.29, 1.82) is 0 Å². The fourth-order valence-corrected chi connectivity index (χ4v) is 3.00. The quantitative estimate of drug-likeness (QED) is 0.745. The van der Waals surface area contributed by atoms with Gasteiger partial charge in [-0.15, -0.1) is 0 Å². The van der Waals surface area contributed by atoms with E-state index in [-0.39, 0.29) is 5.91 Å². The van der Waals surface area contributed by atoms with Crippen LogP contribution in [0.3, 0.4) is 0 Å². The fourth-order valence-electron chi connectivity index (χ4n) is 3.00. The highest BCUT2D eigenvalue weighted by atomic mass is 16.2. The summed E-state index contributed by atoms with van der Waals surface area (Å²) >= 11 is 0. The third-order valence-electron chi connectivity index (χ3n) is 3.92. The highest BCUT2D eigenvalue weighted by Gasteiger charge is 2.38. The second-order valence-electron chi connectivity index (χ2n) is 5.19. The van der Waals surface area contributed by atoms with Gasteiger partial charge in [-0.1, -0.05) is 0 Å². The van der Waals surface area contributed by atoms with Crippen LogP contribution < -0.4 is 5.32 Å². The van der Waals surface area contributed by atoms with Gasteiger partial charge in [-0.25, -0.2) is 0 Å². The van der Waals surface area contributed by atoms with Gasteiger partial charge in [0.15, 0.2) is 0 Å². The monoisotopic (exact) mass is 234 g/mol. The number of aromatic nitrogens is 2. The number of carbonyl (C=O) groups excluding carboxylic acids is 1. The van der Waals surface area contributed by atoms with E-state index in [2.05, 4.69) is 10.4 Å². The van der Waals surface area contributed by atoms with Gasteiger partial charge in [-0.3, -0.25) is 9.48 Å². The summed E-state index contributed by atoms with van der Waals surface area (Å²) in [6.45, 7) is 5.79. The predicted octanol–water partition coefficient (Wildman–Crippen LogP) is 0.0199. The van der Waals surface area contributed by atoms with Gasteiger partial charge in [0.1, 0.15) is 0 Å². The number of likely N-dealkylation sites (tertiary alicyclic amines) is 1. The largest absolute Gasteiger partial charge is 0.338 e. The van der Waals surface area contributed by atoms with Crippen molar-refractivity contribution in [1.82, 2.24) is 20.0 Å². The average molecular weight is 234 g/mol.